The third-order valence-corrected chi connectivity index (χ3v) is 6.08. The number of allylic oxidation sites excluding steroid dienone is 2. The third kappa shape index (κ3) is 10.5. The maximum atomic E-state index is 11.3. The minimum atomic E-state index is -0.277. The molecule has 2 fully saturated rings. The van der Waals surface area contributed by atoms with E-state index >= 15 is 0 Å². The summed E-state index contributed by atoms with van der Waals surface area (Å²) in [4.78, 5) is 25.7. The first-order valence-electron chi connectivity index (χ1n) is 12.8. The van der Waals surface area contributed by atoms with Gasteiger partial charge < -0.3 is 28.9 Å². The molecule has 2 aliphatic heterocycles. The fourth-order valence-electron chi connectivity index (χ4n) is 3.87. The monoisotopic (exact) mass is 552 g/mol. The maximum Gasteiger partial charge on any atom is 2.00 e. The van der Waals surface area contributed by atoms with Crippen molar-refractivity contribution in [2.24, 2.45) is 0 Å². The van der Waals surface area contributed by atoms with E-state index in [0.29, 0.717) is 26.3 Å². The van der Waals surface area contributed by atoms with Gasteiger partial charge in [0, 0.05) is 13.1 Å². The van der Waals surface area contributed by atoms with Crippen molar-refractivity contribution in [2.75, 3.05) is 26.3 Å². The van der Waals surface area contributed by atoms with E-state index in [0.717, 1.165) is 49.7 Å². The summed E-state index contributed by atoms with van der Waals surface area (Å²) in [6.07, 6.45) is 11.4. The Morgan fingerprint density at radius 2 is 1.08 bits per heavy atom. The van der Waals surface area contributed by atoms with E-state index < -0.39 is 0 Å². The molecule has 192 valence electrons. The number of carbonyl (C=O) groups is 2. The van der Waals surface area contributed by atoms with Crippen molar-refractivity contribution in [3.05, 3.63) is 95.3 Å². The van der Waals surface area contributed by atoms with Crippen LogP contribution < -0.4 is 0 Å². The molecule has 2 saturated heterocycles. The fourth-order valence-corrected chi connectivity index (χ4v) is 3.87. The van der Waals surface area contributed by atoms with Crippen LogP contribution in [0.4, 0.5) is 9.59 Å². The quantitative estimate of drug-likeness (QED) is 0.255. The summed E-state index contributed by atoms with van der Waals surface area (Å²) < 4.78 is 9.77. The zero-order chi connectivity index (χ0) is 25.6. The standard InChI is InChI=1S/2C15H18NO2.Zn/c2*1-2-13(12-16-10-11-18-15(16)17)8-9-14-6-4-3-5-7-14;/h2*3-7H,2,8-11H2,1H3;/q2*-1;+2. The van der Waals surface area contributed by atoms with Gasteiger partial charge in [-0.25, -0.2) is 0 Å². The summed E-state index contributed by atoms with van der Waals surface area (Å²) in [6.45, 7) is 6.37. The average Bonchev–Trinajstić information content (AvgIpc) is 3.52. The Morgan fingerprint density at radius 1 is 0.703 bits per heavy atom. The molecule has 0 radical (unpaired) electrons. The Hall–Kier alpha value is -2.92. The molecular weight excluding hydrogens is 518 g/mol. The number of rotatable bonds is 10. The molecule has 0 saturated carbocycles. The van der Waals surface area contributed by atoms with Crippen molar-refractivity contribution in [2.45, 2.75) is 52.4 Å². The van der Waals surface area contributed by atoms with Crippen molar-refractivity contribution in [1.29, 1.82) is 0 Å². The molecule has 0 aromatic heterocycles. The van der Waals surface area contributed by atoms with Gasteiger partial charge in [-0.3, -0.25) is 0 Å². The third-order valence-electron chi connectivity index (χ3n) is 6.08. The number of benzene rings is 2. The first kappa shape index (κ1) is 30.3. The Morgan fingerprint density at radius 3 is 1.38 bits per heavy atom. The number of ether oxygens (including phenoxy) is 2. The van der Waals surface area contributed by atoms with Gasteiger partial charge in [0.1, 0.15) is 0 Å². The predicted molar refractivity (Wildman–Crippen MR) is 140 cm³/mol. The van der Waals surface area contributed by atoms with E-state index in [9.17, 15) is 9.59 Å². The molecule has 2 aromatic carbocycles. The molecule has 0 N–H and O–H groups in total. The second-order valence-electron chi connectivity index (χ2n) is 8.64. The summed E-state index contributed by atoms with van der Waals surface area (Å²) in [5.74, 6) is 0. The zero-order valence-electron chi connectivity index (χ0n) is 22.1. The van der Waals surface area contributed by atoms with Gasteiger partial charge in [-0.05, 0) is 36.8 Å². The van der Waals surface area contributed by atoms with Gasteiger partial charge >= 0.3 is 19.5 Å². The Kier molecular flexibility index (Phi) is 13.7. The van der Waals surface area contributed by atoms with Crippen molar-refractivity contribution < 1.29 is 38.5 Å². The van der Waals surface area contributed by atoms with Gasteiger partial charge in [-0.15, -0.1) is 11.1 Å². The Labute approximate surface area is 234 Å². The fraction of sp³-hybridized carbons (Fsp3) is 0.400. The second-order valence-corrected chi connectivity index (χ2v) is 8.64. The molecule has 2 heterocycles. The van der Waals surface area contributed by atoms with E-state index in [-0.39, 0.29) is 31.7 Å². The molecule has 0 aliphatic carbocycles. The number of hydrogen-bond acceptors (Lipinski definition) is 4. The molecule has 2 aliphatic rings. The summed E-state index contributed by atoms with van der Waals surface area (Å²) in [6, 6.07) is 20.7. The van der Waals surface area contributed by atoms with Gasteiger partial charge in [-0.2, -0.15) is 12.4 Å². The van der Waals surface area contributed by atoms with E-state index in [4.69, 9.17) is 9.47 Å². The topological polar surface area (TPSA) is 59.1 Å². The maximum absolute atomic E-state index is 11.3. The molecule has 7 heteroatoms. The first-order chi connectivity index (χ1) is 17.6. The van der Waals surface area contributed by atoms with Crippen LogP contribution in [0, 0.1) is 12.4 Å². The minimum Gasteiger partial charge on any atom is -0.533 e. The van der Waals surface area contributed by atoms with Crippen LogP contribution >= 0.6 is 0 Å². The van der Waals surface area contributed by atoms with Crippen molar-refractivity contribution in [3.63, 3.8) is 0 Å². The molecule has 2 aromatic rings. The zero-order valence-corrected chi connectivity index (χ0v) is 25.0. The molecule has 0 bridgehead atoms. The van der Waals surface area contributed by atoms with Crippen molar-refractivity contribution in [1.82, 2.24) is 9.80 Å². The number of aryl methyl sites for hydroxylation is 2. The van der Waals surface area contributed by atoms with E-state index in [1.165, 1.54) is 11.1 Å². The molecule has 0 unspecified atom stereocenters. The van der Waals surface area contributed by atoms with E-state index in [2.05, 4.69) is 50.5 Å². The number of cyclic esters (lactones) is 2. The van der Waals surface area contributed by atoms with Gasteiger partial charge in [0.25, 0.3) is 0 Å². The normalized spacial score (nSPS) is 15.5. The summed E-state index contributed by atoms with van der Waals surface area (Å²) in [7, 11) is 0. The van der Waals surface area contributed by atoms with Crippen LogP contribution in [0.25, 0.3) is 0 Å². The Balaban J connectivity index is 0.000000253. The summed E-state index contributed by atoms with van der Waals surface area (Å²) in [5.41, 5.74) is 4.96. The smallest absolute Gasteiger partial charge is 0.533 e. The van der Waals surface area contributed by atoms with Crippen LogP contribution in [-0.2, 0) is 41.8 Å². The van der Waals surface area contributed by atoms with E-state index in [1.54, 1.807) is 9.80 Å². The van der Waals surface area contributed by atoms with Crippen LogP contribution in [0.1, 0.15) is 50.7 Å². The van der Waals surface area contributed by atoms with Crippen molar-refractivity contribution in [3.8, 4) is 0 Å². The van der Waals surface area contributed by atoms with Crippen LogP contribution in [0.3, 0.4) is 0 Å². The minimum absolute atomic E-state index is 0. The Bertz CT molecular complexity index is 941. The van der Waals surface area contributed by atoms with Gasteiger partial charge in [0.05, 0.1) is 13.2 Å². The SMILES string of the molecule is CCC(=[C-]N1CCOC1=O)CCc1ccccc1.CCC(=[C-]N1CCOC1=O)CCc1ccccc1.[Zn+2]. The van der Waals surface area contributed by atoms with Gasteiger partial charge in [0.15, 0.2) is 0 Å². The molecule has 6 nitrogen and oxygen atoms in total. The number of amides is 2. The van der Waals surface area contributed by atoms with E-state index in [1.807, 2.05) is 36.4 Å². The molecule has 0 spiro atoms. The molecule has 4 rings (SSSR count). The average molecular weight is 554 g/mol. The van der Waals surface area contributed by atoms with Crippen LogP contribution in [-0.4, -0.2) is 48.3 Å². The van der Waals surface area contributed by atoms with Crippen LogP contribution in [0.5, 0.6) is 0 Å². The number of nitrogens with zero attached hydrogens (tertiary/aromatic N) is 2. The summed E-state index contributed by atoms with van der Waals surface area (Å²) in [5, 5.41) is 0. The molecule has 0 atom stereocenters. The number of hydrogen-bond donors (Lipinski definition) is 0. The van der Waals surface area contributed by atoms with Gasteiger partial charge in [0.2, 0.25) is 12.2 Å². The number of carbonyl (C=O) groups excluding carboxylic acids is 2. The molecule has 37 heavy (non-hydrogen) atoms. The predicted octanol–water partition coefficient (Wildman–Crippen LogP) is 6.33. The first-order valence-corrected chi connectivity index (χ1v) is 12.8. The summed E-state index contributed by atoms with van der Waals surface area (Å²) >= 11 is 0. The molecular formula is C30H36N2O4Zn. The van der Waals surface area contributed by atoms with Crippen molar-refractivity contribution >= 4 is 12.2 Å². The van der Waals surface area contributed by atoms with Crippen LogP contribution in [0.2, 0.25) is 0 Å². The largest absolute Gasteiger partial charge is 2.00 e. The van der Waals surface area contributed by atoms with Crippen LogP contribution in [0.15, 0.2) is 71.8 Å². The molecule has 2 amide bonds. The van der Waals surface area contributed by atoms with Gasteiger partial charge in [-0.1, -0.05) is 87.4 Å². The second kappa shape index (κ2) is 16.8.